The van der Waals surface area contributed by atoms with E-state index in [1.807, 2.05) is 38.1 Å². The third-order valence-corrected chi connectivity index (χ3v) is 6.05. The number of hydrogen-bond acceptors (Lipinski definition) is 5. The van der Waals surface area contributed by atoms with E-state index in [1.54, 1.807) is 40.9 Å². The van der Waals surface area contributed by atoms with Crippen molar-refractivity contribution in [3.8, 4) is 16.9 Å². The van der Waals surface area contributed by atoms with Crippen LogP contribution >= 0.6 is 0 Å². The fourth-order valence-corrected chi connectivity index (χ4v) is 4.37. The number of carbonyl (C=O) groups excluding carboxylic acids is 1. The molecule has 1 atom stereocenters. The van der Waals surface area contributed by atoms with Crippen molar-refractivity contribution in [2.45, 2.75) is 72.2 Å². The highest BCUT2D eigenvalue weighted by Crippen LogP contribution is 2.44. The Labute approximate surface area is 221 Å². The molecule has 0 bridgehead atoms. The van der Waals surface area contributed by atoms with Crippen LogP contribution in [0.1, 0.15) is 57.4 Å². The zero-order chi connectivity index (χ0) is 28.3. The van der Waals surface area contributed by atoms with Crippen molar-refractivity contribution in [2.75, 3.05) is 19.0 Å². The molecule has 1 unspecified atom stereocenters. The predicted octanol–water partition coefficient (Wildman–Crippen LogP) is 7.65. The molecule has 0 fully saturated rings. The van der Waals surface area contributed by atoms with E-state index in [-0.39, 0.29) is 11.6 Å². The SMILES string of the molecule is COc1cc(NC(C)CCCNC(=O)OC(C)(C)C)c2nc(C(F)(F)F)cc(C)c2c1-c1ccccc1C. The van der Waals surface area contributed by atoms with Crippen LogP contribution in [0.15, 0.2) is 36.4 Å². The molecule has 3 rings (SSSR count). The van der Waals surface area contributed by atoms with E-state index in [9.17, 15) is 18.0 Å². The normalized spacial score (nSPS) is 12.8. The van der Waals surface area contributed by atoms with E-state index in [4.69, 9.17) is 9.47 Å². The first kappa shape index (κ1) is 29.1. The molecule has 0 saturated heterocycles. The number of halogens is 3. The Morgan fingerprint density at radius 3 is 2.37 bits per heavy atom. The highest BCUT2D eigenvalue weighted by Gasteiger charge is 2.34. The van der Waals surface area contributed by atoms with Crippen molar-refractivity contribution in [3.05, 3.63) is 53.2 Å². The molecular formula is C29H36F3N3O3. The number of carbonyl (C=O) groups is 1. The van der Waals surface area contributed by atoms with Crippen LogP contribution in [0.3, 0.4) is 0 Å². The molecule has 1 amide bonds. The Morgan fingerprint density at radius 2 is 1.76 bits per heavy atom. The van der Waals surface area contributed by atoms with Gasteiger partial charge in [0.25, 0.3) is 0 Å². The summed E-state index contributed by atoms with van der Waals surface area (Å²) < 4.78 is 52.2. The van der Waals surface area contributed by atoms with Gasteiger partial charge >= 0.3 is 12.3 Å². The number of amides is 1. The summed E-state index contributed by atoms with van der Waals surface area (Å²) in [7, 11) is 1.55. The number of nitrogens with zero attached hydrogens (tertiary/aromatic N) is 1. The van der Waals surface area contributed by atoms with Crippen molar-refractivity contribution in [3.63, 3.8) is 0 Å². The second-order valence-electron chi connectivity index (χ2n) is 10.5. The van der Waals surface area contributed by atoms with Gasteiger partial charge in [-0.2, -0.15) is 13.2 Å². The number of rotatable bonds is 8. The Hall–Kier alpha value is -3.49. The first-order valence-corrected chi connectivity index (χ1v) is 12.6. The molecule has 0 aliphatic heterocycles. The molecule has 1 heterocycles. The molecule has 2 N–H and O–H groups in total. The molecule has 38 heavy (non-hydrogen) atoms. The lowest BCUT2D eigenvalue weighted by Gasteiger charge is -2.23. The van der Waals surface area contributed by atoms with Gasteiger partial charge in [-0.3, -0.25) is 0 Å². The van der Waals surface area contributed by atoms with E-state index in [2.05, 4.69) is 15.6 Å². The predicted molar refractivity (Wildman–Crippen MR) is 145 cm³/mol. The molecule has 9 heteroatoms. The number of alkyl halides is 3. The standard InChI is InChI=1S/C29H36F3N3O3/c1-17-11-8-9-13-20(17)25-22(37-7)16-21(26-24(25)18(2)15-23(35-26)29(30,31)32)34-19(3)12-10-14-33-27(36)38-28(4,5)6/h8-9,11,13,15-16,19,34H,10,12,14H2,1-7H3,(H,33,36). The van der Waals surface area contributed by atoms with Gasteiger partial charge in [0.15, 0.2) is 0 Å². The lowest BCUT2D eigenvalue weighted by atomic mass is 9.92. The van der Waals surface area contributed by atoms with E-state index < -0.39 is 23.6 Å². The van der Waals surface area contributed by atoms with E-state index in [0.717, 1.165) is 17.2 Å². The van der Waals surface area contributed by atoms with Crippen LogP contribution in [0.5, 0.6) is 5.75 Å². The number of nitrogens with one attached hydrogen (secondary N) is 2. The number of hydrogen-bond donors (Lipinski definition) is 2. The number of aryl methyl sites for hydroxylation is 2. The molecule has 6 nitrogen and oxygen atoms in total. The molecule has 1 aromatic heterocycles. The molecule has 206 valence electrons. The van der Waals surface area contributed by atoms with Gasteiger partial charge in [0.2, 0.25) is 0 Å². The number of ether oxygens (including phenoxy) is 2. The number of benzene rings is 2. The summed E-state index contributed by atoms with van der Waals surface area (Å²) in [6, 6.07) is 10.4. The van der Waals surface area contributed by atoms with E-state index >= 15 is 0 Å². The van der Waals surface area contributed by atoms with Gasteiger partial charge in [0.1, 0.15) is 17.0 Å². The van der Waals surface area contributed by atoms with Crippen molar-refractivity contribution in [1.29, 1.82) is 0 Å². The van der Waals surface area contributed by atoms with Crippen LogP contribution in [-0.2, 0) is 10.9 Å². The quantitative estimate of drug-likeness (QED) is 0.292. The third kappa shape index (κ3) is 7.08. The minimum Gasteiger partial charge on any atom is -0.496 e. The minimum atomic E-state index is -4.59. The Balaban J connectivity index is 1.97. The topological polar surface area (TPSA) is 72.5 Å². The van der Waals surface area contributed by atoms with Crippen LogP contribution in [0.25, 0.3) is 22.0 Å². The number of aromatic nitrogens is 1. The summed E-state index contributed by atoms with van der Waals surface area (Å²) in [5, 5.41) is 6.66. The molecule has 0 radical (unpaired) electrons. The van der Waals surface area contributed by atoms with Crippen LogP contribution < -0.4 is 15.4 Å². The number of methoxy groups -OCH3 is 1. The fraction of sp³-hybridized carbons (Fsp3) is 0.448. The second kappa shape index (κ2) is 11.5. The van der Waals surface area contributed by atoms with Crippen LogP contribution in [0, 0.1) is 13.8 Å². The van der Waals surface area contributed by atoms with Crippen LogP contribution in [0.2, 0.25) is 0 Å². The van der Waals surface area contributed by atoms with Crippen molar-refractivity contribution in [2.24, 2.45) is 0 Å². The molecule has 0 aliphatic carbocycles. The Morgan fingerprint density at radius 1 is 1.08 bits per heavy atom. The zero-order valence-corrected chi connectivity index (χ0v) is 23.0. The maximum Gasteiger partial charge on any atom is 0.433 e. The van der Waals surface area contributed by atoms with Crippen molar-refractivity contribution >= 4 is 22.7 Å². The summed E-state index contributed by atoms with van der Waals surface area (Å²) in [5.74, 6) is 0.540. The van der Waals surface area contributed by atoms with Gasteiger partial charge in [-0.1, -0.05) is 24.3 Å². The smallest absolute Gasteiger partial charge is 0.433 e. The number of fused-ring (bicyclic) bond motifs is 1. The van der Waals surface area contributed by atoms with Crippen molar-refractivity contribution < 1.29 is 27.4 Å². The molecule has 0 aliphatic rings. The lowest BCUT2D eigenvalue weighted by Crippen LogP contribution is -2.33. The number of anilines is 1. The van der Waals surface area contributed by atoms with Crippen LogP contribution in [0.4, 0.5) is 23.7 Å². The third-order valence-electron chi connectivity index (χ3n) is 6.05. The van der Waals surface area contributed by atoms with Gasteiger partial charge in [0, 0.05) is 29.6 Å². The Kier molecular flexibility index (Phi) is 8.79. The highest BCUT2D eigenvalue weighted by molar-refractivity contribution is 6.06. The lowest BCUT2D eigenvalue weighted by molar-refractivity contribution is -0.141. The summed E-state index contributed by atoms with van der Waals surface area (Å²) in [4.78, 5) is 16.0. The van der Waals surface area contributed by atoms with Gasteiger partial charge in [-0.15, -0.1) is 0 Å². The van der Waals surface area contributed by atoms with Gasteiger partial charge < -0.3 is 20.1 Å². The minimum absolute atomic E-state index is 0.121. The maximum atomic E-state index is 13.7. The first-order chi connectivity index (χ1) is 17.7. The van der Waals surface area contributed by atoms with E-state index in [1.165, 1.54) is 0 Å². The summed E-state index contributed by atoms with van der Waals surface area (Å²) in [6.07, 6.45) is -3.78. The first-order valence-electron chi connectivity index (χ1n) is 12.6. The molecule has 3 aromatic rings. The fourth-order valence-electron chi connectivity index (χ4n) is 4.37. The number of alkyl carbamates (subject to hydrolysis) is 1. The maximum absolute atomic E-state index is 13.7. The largest absolute Gasteiger partial charge is 0.496 e. The monoisotopic (exact) mass is 531 g/mol. The summed E-state index contributed by atoms with van der Waals surface area (Å²) in [6.45, 7) is 11.3. The average molecular weight is 532 g/mol. The van der Waals surface area contributed by atoms with E-state index in [0.29, 0.717) is 47.3 Å². The zero-order valence-electron chi connectivity index (χ0n) is 23.0. The Bertz CT molecular complexity index is 1300. The molecule has 2 aromatic carbocycles. The molecule has 0 saturated carbocycles. The highest BCUT2D eigenvalue weighted by atomic mass is 19.4. The summed E-state index contributed by atoms with van der Waals surface area (Å²) in [5.41, 5.74) is 2.16. The number of pyridine rings is 1. The molecule has 0 spiro atoms. The molecular weight excluding hydrogens is 495 g/mol. The van der Waals surface area contributed by atoms with Crippen molar-refractivity contribution in [1.82, 2.24) is 10.3 Å². The van der Waals surface area contributed by atoms with Gasteiger partial charge in [-0.05, 0) is 77.1 Å². The summed E-state index contributed by atoms with van der Waals surface area (Å²) >= 11 is 0. The van der Waals surface area contributed by atoms with Crippen LogP contribution in [-0.4, -0.2) is 36.4 Å². The average Bonchev–Trinajstić information content (AvgIpc) is 2.80. The second-order valence-corrected chi connectivity index (χ2v) is 10.5. The van der Waals surface area contributed by atoms with Gasteiger partial charge in [-0.25, -0.2) is 9.78 Å². The van der Waals surface area contributed by atoms with Gasteiger partial charge in [0.05, 0.1) is 18.3 Å².